The van der Waals surface area contributed by atoms with E-state index < -0.39 is 5.97 Å². The standard InChI is InChI=1S/C13H13N3O3/c17-12(18)5-9-7-15(8-9)13(19)10-6-14-16-4-2-1-3-11(10)16/h1-4,6,9H,5,7-8H2,(H,17,18). The smallest absolute Gasteiger partial charge is 0.303 e. The van der Waals surface area contributed by atoms with E-state index in [0.717, 1.165) is 5.52 Å². The molecular weight excluding hydrogens is 246 g/mol. The van der Waals surface area contributed by atoms with E-state index in [9.17, 15) is 9.59 Å². The molecule has 1 aliphatic heterocycles. The zero-order valence-electron chi connectivity index (χ0n) is 10.2. The molecule has 98 valence electrons. The van der Waals surface area contributed by atoms with E-state index in [0.29, 0.717) is 18.7 Å². The number of carbonyl (C=O) groups is 2. The molecule has 1 N–H and O–H groups in total. The van der Waals surface area contributed by atoms with Crippen LogP contribution in [-0.4, -0.2) is 44.6 Å². The van der Waals surface area contributed by atoms with Gasteiger partial charge in [-0.3, -0.25) is 9.59 Å². The number of likely N-dealkylation sites (tertiary alicyclic amines) is 1. The fourth-order valence-corrected chi connectivity index (χ4v) is 2.38. The summed E-state index contributed by atoms with van der Waals surface area (Å²) in [6.45, 7) is 1.02. The highest BCUT2D eigenvalue weighted by Crippen LogP contribution is 2.23. The van der Waals surface area contributed by atoms with Gasteiger partial charge in [-0.2, -0.15) is 5.10 Å². The van der Waals surface area contributed by atoms with Crippen molar-refractivity contribution in [2.45, 2.75) is 6.42 Å². The van der Waals surface area contributed by atoms with Crippen molar-refractivity contribution in [1.29, 1.82) is 0 Å². The topological polar surface area (TPSA) is 74.9 Å². The summed E-state index contributed by atoms with van der Waals surface area (Å²) in [6, 6.07) is 5.55. The lowest BCUT2D eigenvalue weighted by Crippen LogP contribution is -2.50. The van der Waals surface area contributed by atoms with Crippen molar-refractivity contribution in [3.05, 3.63) is 36.2 Å². The molecule has 1 amide bonds. The van der Waals surface area contributed by atoms with Crippen molar-refractivity contribution in [1.82, 2.24) is 14.5 Å². The number of amides is 1. The van der Waals surface area contributed by atoms with Gasteiger partial charge >= 0.3 is 5.97 Å². The van der Waals surface area contributed by atoms with Gasteiger partial charge in [0.2, 0.25) is 0 Å². The molecule has 0 aliphatic carbocycles. The zero-order chi connectivity index (χ0) is 13.4. The number of rotatable bonds is 3. The summed E-state index contributed by atoms with van der Waals surface area (Å²) < 4.78 is 1.65. The number of hydrogen-bond acceptors (Lipinski definition) is 3. The Morgan fingerprint density at radius 1 is 1.37 bits per heavy atom. The van der Waals surface area contributed by atoms with E-state index in [1.807, 2.05) is 18.2 Å². The first-order valence-electron chi connectivity index (χ1n) is 6.08. The molecule has 0 atom stereocenters. The highest BCUT2D eigenvalue weighted by Gasteiger charge is 2.33. The van der Waals surface area contributed by atoms with Crippen LogP contribution in [0.15, 0.2) is 30.6 Å². The van der Waals surface area contributed by atoms with Gasteiger partial charge < -0.3 is 10.0 Å². The van der Waals surface area contributed by atoms with Crippen LogP contribution in [0.3, 0.4) is 0 Å². The van der Waals surface area contributed by atoms with Crippen LogP contribution >= 0.6 is 0 Å². The number of carboxylic acid groups (broad SMARTS) is 1. The van der Waals surface area contributed by atoms with Crippen LogP contribution < -0.4 is 0 Å². The Kier molecular flexibility index (Phi) is 2.70. The molecule has 0 spiro atoms. The minimum atomic E-state index is -0.812. The van der Waals surface area contributed by atoms with Gasteiger partial charge in [-0.05, 0) is 12.1 Å². The highest BCUT2D eigenvalue weighted by atomic mass is 16.4. The Bertz CT molecular complexity index is 643. The summed E-state index contributed by atoms with van der Waals surface area (Å²) >= 11 is 0. The molecule has 0 bridgehead atoms. The first-order chi connectivity index (χ1) is 9.15. The summed E-state index contributed by atoms with van der Waals surface area (Å²) in [5, 5.41) is 12.8. The fourth-order valence-electron chi connectivity index (χ4n) is 2.38. The molecule has 19 heavy (non-hydrogen) atoms. The number of aromatic nitrogens is 2. The molecular formula is C13H13N3O3. The van der Waals surface area contributed by atoms with Gasteiger partial charge in [0.25, 0.3) is 5.91 Å². The number of hydrogen-bond donors (Lipinski definition) is 1. The van der Waals surface area contributed by atoms with Crippen LogP contribution in [0.2, 0.25) is 0 Å². The van der Waals surface area contributed by atoms with Gasteiger partial charge in [0.1, 0.15) is 0 Å². The number of carboxylic acids is 1. The SMILES string of the molecule is O=C(O)CC1CN(C(=O)c2cnn3ccccc23)C1. The Balaban J connectivity index is 1.74. The lowest BCUT2D eigenvalue weighted by atomic mass is 9.95. The summed E-state index contributed by atoms with van der Waals surface area (Å²) in [5.41, 5.74) is 1.34. The highest BCUT2D eigenvalue weighted by molar-refractivity contribution is 6.01. The van der Waals surface area contributed by atoms with Gasteiger partial charge in [-0.15, -0.1) is 0 Å². The second-order valence-electron chi connectivity index (χ2n) is 4.76. The molecule has 2 aromatic heterocycles. The van der Waals surface area contributed by atoms with Crippen molar-refractivity contribution in [3.8, 4) is 0 Å². The summed E-state index contributed by atoms with van der Waals surface area (Å²) in [5.74, 6) is -0.820. The Morgan fingerprint density at radius 3 is 2.89 bits per heavy atom. The third kappa shape index (κ3) is 2.05. The third-order valence-electron chi connectivity index (χ3n) is 3.36. The number of aliphatic carboxylic acids is 1. The quantitative estimate of drug-likeness (QED) is 0.888. The molecule has 0 unspecified atom stereocenters. The van der Waals surface area contributed by atoms with E-state index in [2.05, 4.69) is 5.10 Å². The molecule has 2 aromatic rings. The fraction of sp³-hybridized carbons (Fsp3) is 0.308. The Hall–Kier alpha value is -2.37. The average Bonchev–Trinajstić information content (AvgIpc) is 2.76. The van der Waals surface area contributed by atoms with Crippen LogP contribution in [0.4, 0.5) is 0 Å². The van der Waals surface area contributed by atoms with Crippen LogP contribution in [0.25, 0.3) is 5.52 Å². The molecule has 1 aliphatic rings. The van der Waals surface area contributed by atoms with E-state index in [-0.39, 0.29) is 18.2 Å². The lowest BCUT2D eigenvalue weighted by Gasteiger charge is -2.38. The first-order valence-corrected chi connectivity index (χ1v) is 6.08. The molecule has 3 rings (SSSR count). The molecule has 1 saturated heterocycles. The van der Waals surface area contributed by atoms with Crippen LogP contribution in [0.1, 0.15) is 16.8 Å². The first kappa shape index (κ1) is 11.7. The maximum Gasteiger partial charge on any atom is 0.303 e. The van der Waals surface area contributed by atoms with E-state index in [4.69, 9.17) is 5.11 Å². The Labute approximate surface area is 109 Å². The lowest BCUT2D eigenvalue weighted by molar-refractivity contribution is -0.139. The largest absolute Gasteiger partial charge is 0.481 e. The molecule has 6 heteroatoms. The van der Waals surface area contributed by atoms with Crippen molar-refractivity contribution in [2.24, 2.45) is 5.92 Å². The molecule has 6 nitrogen and oxygen atoms in total. The predicted molar refractivity (Wildman–Crippen MR) is 66.8 cm³/mol. The minimum Gasteiger partial charge on any atom is -0.481 e. The van der Waals surface area contributed by atoms with Crippen molar-refractivity contribution < 1.29 is 14.7 Å². The van der Waals surface area contributed by atoms with Crippen LogP contribution in [0, 0.1) is 5.92 Å². The maximum atomic E-state index is 12.3. The van der Waals surface area contributed by atoms with E-state index >= 15 is 0 Å². The summed E-state index contributed by atoms with van der Waals surface area (Å²) in [6.07, 6.45) is 3.47. The zero-order valence-corrected chi connectivity index (χ0v) is 10.2. The minimum absolute atomic E-state index is 0.0725. The molecule has 3 heterocycles. The molecule has 1 fully saturated rings. The van der Waals surface area contributed by atoms with E-state index in [1.54, 1.807) is 21.8 Å². The molecule has 0 saturated carbocycles. The van der Waals surface area contributed by atoms with Gasteiger partial charge in [0.05, 0.1) is 23.7 Å². The van der Waals surface area contributed by atoms with Crippen molar-refractivity contribution >= 4 is 17.4 Å². The second-order valence-corrected chi connectivity index (χ2v) is 4.76. The summed E-state index contributed by atoms with van der Waals surface area (Å²) in [7, 11) is 0. The average molecular weight is 259 g/mol. The molecule has 0 aromatic carbocycles. The second kappa shape index (κ2) is 4.38. The van der Waals surface area contributed by atoms with Gasteiger partial charge in [0.15, 0.2) is 0 Å². The maximum absolute atomic E-state index is 12.3. The number of fused-ring (bicyclic) bond motifs is 1. The number of nitrogens with zero attached hydrogens (tertiary/aromatic N) is 3. The monoisotopic (exact) mass is 259 g/mol. The van der Waals surface area contributed by atoms with Gasteiger partial charge in [-0.25, -0.2) is 4.52 Å². The van der Waals surface area contributed by atoms with Crippen molar-refractivity contribution in [2.75, 3.05) is 13.1 Å². The Morgan fingerprint density at radius 2 is 2.16 bits per heavy atom. The molecule has 0 radical (unpaired) electrons. The van der Waals surface area contributed by atoms with Gasteiger partial charge in [-0.1, -0.05) is 6.07 Å². The predicted octanol–water partition coefficient (Wildman–Crippen LogP) is 0.881. The van der Waals surface area contributed by atoms with Gasteiger partial charge in [0, 0.05) is 25.2 Å². The normalized spacial score (nSPS) is 15.5. The van der Waals surface area contributed by atoms with E-state index in [1.165, 1.54) is 0 Å². The van der Waals surface area contributed by atoms with Crippen molar-refractivity contribution in [3.63, 3.8) is 0 Å². The third-order valence-corrected chi connectivity index (χ3v) is 3.36. The number of carbonyl (C=O) groups excluding carboxylic acids is 1. The van der Waals surface area contributed by atoms with Crippen LogP contribution in [0.5, 0.6) is 0 Å². The van der Waals surface area contributed by atoms with Crippen LogP contribution in [-0.2, 0) is 4.79 Å². The summed E-state index contributed by atoms with van der Waals surface area (Å²) in [4.78, 5) is 24.5. The number of pyridine rings is 1.